The molecule has 0 amide bonds. The van der Waals surface area contributed by atoms with E-state index in [0.717, 1.165) is 5.56 Å². The first-order chi connectivity index (χ1) is 8.29. The third-order valence-corrected chi connectivity index (χ3v) is 2.43. The van der Waals surface area contributed by atoms with Crippen LogP contribution in [-0.4, -0.2) is 11.3 Å². The van der Waals surface area contributed by atoms with Crippen molar-refractivity contribution in [2.24, 2.45) is 0 Å². The number of carbonyl (C=O) groups excluding carboxylic acids is 1. The van der Waals surface area contributed by atoms with E-state index >= 15 is 0 Å². The number of benzene rings is 1. The largest absolute Gasteiger partial charge is 0.487 e. The maximum absolute atomic E-state index is 10.7. The highest BCUT2D eigenvalue weighted by Crippen LogP contribution is 2.15. The molecule has 2 rings (SSSR count). The van der Waals surface area contributed by atoms with Gasteiger partial charge < -0.3 is 4.74 Å². The van der Waals surface area contributed by atoms with Gasteiger partial charge in [-0.15, -0.1) is 0 Å². The molecule has 0 saturated heterocycles. The molecule has 0 atom stereocenters. The predicted molar refractivity (Wildman–Crippen MR) is 65.1 cm³/mol. The highest BCUT2D eigenvalue weighted by atomic mass is 16.5. The number of pyridine rings is 1. The van der Waals surface area contributed by atoms with Crippen molar-refractivity contribution in [2.45, 2.75) is 13.5 Å². The van der Waals surface area contributed by atoms with Crippen LogP contribution in [-0.2, 0) is 6.61 Å². The van der Waals surface area contributed by atoms with Gasteiger partial charge in [0.1, 0.15) is 18.1 Å². The zero-order valence-electron chi connectivity index (χ0n) is 9.59. The van der Waals surface area contributed by atoms with Crippen LogP contribution in [0.25, 0.3) is 0 Å². The maximum atomic E-state index is 10.7. The van der Waals surface area contributed by atoms with Gasteiger partial charge in [-0.1, -0.05) is 29.8 Å². The Morgan fingerprint density at radius 2 is 2.00 bits per heavy atom. The maximum Gasteiger partial charge on any atom is 0.172 e. The van der Waals surface area contributed by atoms with E-state index in [2.05, 4.69) is 4.98 Å². The standard InChI is InChI=1S/C14H13NO2/c1-11-4-6-12(7-5-11)10-17-14-3-2-8-15-13(14)9-16/h2-9H,10H2,1H3. The number of hydrogen-bond acceptors (Lipinski definition) is 3. The van der Waals surface area contributed by atoms with Gasteiger partial charge in [-0.05, 0) is 24.6 Å². The van der Waals surface area contributed by atoms with Crippen LogP contribution < -0.4 is 4.74 Å². The fourth-order valence-corrected chi connectivity index (χ4v) is 1.46. The topological polar surface area (TPSA) is 39.2 Å². The minimum absolute atomic E-state index is 0.333. The van der Waals surface area contributed by atoms with Crippen LogP contribution in [0.5, 0.6) is 5.75 Å². The van der Waals surface area contributed by atoms with Gasteiger partial charge >= 0.3 is 0 Å². The molecule has 0 fully saturated rings. The molecule has 0 aliphatic heterocycles. The van der Waals surface area contributed by atoms with Crippen LogP contribution in [0.15, 0.2) is 42.6 Å². The van der Waals surface area contributed by atoms with Gasteiger partial charge in [0.2, 0.25) is 0 Å². The summed E-state index contributed by atoms with van der Waals surface area (Å²) < 4.78 is 5.56. The molecule has 1 heterocycles. The molecule has 0 radical (unpaired) electrons. The number of nitrogens with zero attached hydrogens (tertiary/aromatic N) is 1. The molecule has 0 saturated carbocycles. The molecule has 17 heavy (non-hydrogen) atoms. The fraction of sp³-hybridized carbons (Fsp3) is 0.143. The highest BCUT2D eigenvalue weighted by molar-refractivity contribution is 5.75. The van der Waals surface area contributed by atoms with Crippen molar-refractivity contribution in [3.05, 3.63) is 59.4 Å². The van der Waals surface area contributed by atoms with Crippen molar-refractivity contribution >= 4 is 6.29 Å². The molecule has 3 heteroatoms. The summed E-state index contributed by atoms with van der Waals surface area (Å²) in [5, 5.41) is 0. The van der Waals surface area contributed by atoms with E-state index < -0.39 is 0 Å². The number of aromatic nitrogens is 1. The molecule has 1 aromatic carbocycles. The van der Waals surface area contributed by atoms with Crippen molar-refractivity contribution in [3.63, 3.8) is 0 Å². The number of carbonyl (C=O) groups is 1. The van der Waals surface area contributed by atoms with Gasteiger partial charge in [-0.25, -0.2) is 4.98 Å². The Morgan fingerprint density at radius 3 is 2.71 bits per heavy atom. The number of aryl methyl sites for hydroxylation is 1. The van der Waals surface area contributed by atoms with E-state index in [1.54, 1.807) is 18.3 Å². The Hall–Kier alpha value is -2.16. The summed E-state index contributed by atoms with van der Waals surface area (Å²) in [6.45, 7) is 2.48. The first-order valence-electron chi connectivity index (χ1n) is 5.38. The lowest BCUT2D eigenvalue weighted by atomic mass is 10.2. The Morgan fingerprint density at radius 1 is 1.24 bits per heavy atom. The molecule has 86 valence electrons. The summed E-state index contributed by atoms with van der Waals surface area (Å²) in [4.78, 5) is 14.7. The van der Waals surface area contributed by atoms with E-state index in [4.69, 9.17) is 4.74 Å². The quantitative estimate of drug-likeness (QED) is 0.754. The fourth-order valence-electron chi connectivity index (χ4n) is 1.46. The lowest BCUT2D eigenvalue weighted by Gasteiger charge is -2.07. The molecule has 0 bridgehead atoms. The summed E-state index contributed by atoms with van der Waals surface area (Å²) in [7, 11) is 0. The van der Waals surface area contributed by atoms with Crippen LogP contribution in [0.4, 0.5) is 0 Å². The van der Waals surface area contributed by atoms with Crippen LogP contribution in [0.3, 0.4) is 0 Å². The molecule has 2 aromatic rings. The SMILES string of the molecule is Cc1ccc(COc2cccnc2C=O)cc1. The lowest BCUT2D eigenvalue weighted by Crippen LogP contribution is -1.99. The van der Waals surface area contributed by atoms with E-state index in [9.17, 15) is 4.79 Å². The molecule has 1 aromatic heterocycles. The summed E-state index contributed by atoms with van der Waals surface area (Å²) >= 11 is 0. The van der Waals surface area contributed by atoms with Gasteiger partial charge in [0, 0.05) is 6.20 Å². The number of hydrogen-bond donors (Lipinski definition) is 0. The van der Waals surface area contributed by atoms with Gasteiger partial charge in [0.25, 0.3) is 0 Å². The van der Waals surface area contributed by atoms with Gasteiger partial charge in [-0.3, -0.25) is 4.79 Å². The van der Waals surface area contributed by atoms with Gasteiger partial charge in [0.05, 0.1) is 0 Å². The number of ether oxygens (including phenoxy) is 1. The van der Waals surface area contributed by atoms with E-state index in [0.29, 0.717) is 24.3 Å². The molecule has 0 N–H and O–H groups in total. The Bertz CT molecular complexity index is 506. The zero-order chi connectivity index (χ0) is 12.1. The highest BCUT2D eigenvalue weighted by Gasteiger charge is 2.03. The van der Waals surface area contributed by atoms with Crippen molar-refractivity contribution in [1.29, 1.82) is 0 Å². The smallest absolute Gasteiger partial charge is 0.172 e. The lowest BCUT2D eigenvalue weighted by molar-refractivity contribution is 0.111. The normalized spacial score (nSPS) is 9.94. The number of rotatable bonds is 4. The second kappa shape index (κ2) is 5.25. The first-order valence-corrected chi connectivity index (χ1v) is 5.38. The average molecular weight is 227 g/mol. The predicted octanol–water partition coefficient (Wildman–Crippen LogP) is 2.78. The van der Waals surface area contributed by atoms with Crippen LogP contribution in [0.2, 0.25) is 0 Å². The average Bonchev–Trinajstić information content (AvgIpc) is 2.38. The molecule has 0 aliphatic rings. The second-order valence-electron chi connectivity index (χ2n) is 3.78. The molecular weight excluding hydrogens is 214 g/mol. The van der Waals surface area contributed by atoms with E-state index in [-0.39, 0.29) is 0 Å². The minimum Gasteiger partial charge on any atom is -0.487 e. The molecular formula is C14H13NO2. The van der Waals surface area contributed by atoms with Crippen molar-refractivity contribution in [3.8, 4) is 5.75 Å². The van der Waals surface area contributed by atoms with E-state index in [1.165, 1.54) is 5.56 Å². The van der Waals surface area contributed by atoms with Gasteiger partial charge in [-0.2, -0.15) is 0 Å². The summed E-state index contributed by atoms with van der Waals surface area (Å²) in [5.74, 6) is 0.517. The zero-order valence-corrected chi connectivity index (χ0v) is 9.59. The summed E-state index contributed by atoms with van der Waals surface area (Å²) in [6, 6.07) is 11.6. The van der Waals surface area contributed by atoms with Crippen LogP contribution >= 0.6 is 0 Å². The summed E-state index contributed by atoms with van der Waals surface area (Å²) in [5.41, 5.74) is 2.61. The monoisotopic (exact) mass is 227 g/mol. The Labute approximate surface area is 100 Å². The van der Waals surface area contributed by atoms with Crippen molar-refractivity contribution < 1.29 is 9.53 Å². The number of aldehydes is 1. The second-order valence-corrected chi connectivity index (χ2v) is 3.78. The van der Waals surface area contributed by atoms with E-state index in [1.807, 2.05) is 31.2 Å². The molecule has 0 spiro atoms. The van der Waals surface area contributed by atoms with Crippen LogP contribution in [0.1, 0.15) is 21.6 Å². The third-order valence-electron chi connectivity index (χ3n) is 2.43. The van der Waals surface area contributed by atoms with Crippen LogP contribution in [0, 0.1) is 6.92 Å². The Kier molecular flexibility index (Phi) is 3.50. The molecule has 0 aliphatic carbocycles. The third kappa shape index (κ3) is 2.91. The summed E-state index contributed by atoms with van der Waals surface area (Å²) in [6.07, 6.45) is 2.27. The molecule has 3 nitrogen and oxygen atoms in total. The first kappa shape index (κ1) is 11.3. The van der Waals surface area contributed by atoms with Crippen molar-refractivity contribution in [1.82, 2.24) is 4.98 Å². The van der Waals surface area contributed by atoms with Gasteiger partial charge in [0.15, 0.2) is 6.29 Å². The Balaban J connectivity index is 2.07. The minimum atomic E-state index is 0.333. The molecule has 0 unspecified atom stereocenters. The van der Waals surface area contributed by atoms with Crippen molar-refractivity contribution in [2.75, 3.05) is 0 Å².